The Hall–Kier alpha value is -1.62. The van der Waals surface area contributed by atoms with Crippen molar-refractivity contribution in [2.75, 3.05) is 31.9 Å². The first kappa shape index (κ1) is 15.8. The molecule has 2 heterocycles. The molecule has 0 aromatic carbocycles. The van der Waals surface area contributed by atoms with Gasteiger partial charge in [0.1, 0.15) is 11.5 Å². The second kappa shape index (κ2) is 8.62. The van der Waals surface area contributed by atoms with Crippen molar-refractivity contribution in [1.82, 2.24) is 15.2 Å². The van der Waals surface area contributed by atoms with Gasteiger partial charge in [-0.25, -0.2) is 4.98 Å². The summed E-state index contributed by atoms with van der Waals surface area (Å²) in [7, 11) is 0. The normalized spacial score (nSPS) is 16.4. The quantitative estimate of drug-likeness (QED) is 0.787. The zero-order valence-corrected chi connectivity index (χ0v) is 12.7. The molecule has 0 spiro atoms. The summed E-state index contributed by atoms with van der Waals surface area (Å²) in [6.07, 6.45) is 7.55. The van der Waals surface area contributed by atoms with Crippen LogP contribution in [0.3, 0.4) is 0 Å². The lowest BCUT2D eigenvalue weighted by atomic mass is 10.2. The fourth-order valence-corrected chi connectivity index (χ4v) is 2.69. The number of likely N-dealkylation sites (tertiary alicyclic amines) is 1. The lowest BCUT2D eigenvalue weighted by Crippen LogP contribution is -2.28. The van der Waals surface area contributed by atoms with E-state index >= 15 is 0 Å². The smallest absolute Gasteiger partial charge is 0.269 e. The molecular formula is C16H26N4O. The molecule has 1 aliphatic rings. The fraction of sp³-hybridized carbons (Fsp3) is 0.625. The molecule has 21 heavy (non-hydrogen) atoms. The van der Waals surface area contributed by atoms with Gasteiger partial charge in [0, 0.05) is 6.54 Å². The van der Waals surface area contributed by atoms with Crippen molar-refractivity contribution in [2.45, 2.75) is 38.5 Å². The Kier molecular flexibility index (Phi) is 6.47. The topological polar surface area (TPSA) is 71.2 Å². The molecule has 1 aliphatic heterocycles. The lowest BCUT2D eigenvalue weighted by molar-refractivity contribution is 0.0947. The molecule has 0 saturated carbocycles. The van der Waals surface area contributed by atoms with Crippen LogP contribution in [0.15, 0.2) is 18.2 Å². The Morgan fingerprint density at radius 1 is 1.19 bits per heavy atom. The molecule has 5 nitrogen and oxygen atoms in total. The lowest BCUT2D eigenvalue weighted by Gasteiger charge is -2.19. The number of hydrogen-bond donors (Lipinski definition) is 2. The maximum absolute atomic E-state index is 11.9. The number of carbonyl (C=O) groups excluding carboxylic acids is 1. The monoisotopic (exact) mass is 290 g/mol. The largest absolute Gasteiger partial charge is 0.384 e. The Bertz CT molecular complexity index is 442. The predicted molar refractivity (Wildman–Crippen MR) is 85.1 cm³/mol. The molecule has 0 aliphatic carbocycles. The van der Waals surface area contributed by atoms with Crippen molar-refractivity contribution < 1.29 is 4.79 Å². The van der Waals surface area contributed by atoms with Crippen LogP contribution in [0.25, 0.3) is 0 Å². The van der Waals surface area contributed by atoms with Gasteiger partial charge < -0.3 is 16.0 Å². The summed E-state index contributed by atoms with van der Waals surface area (Å²) in [6.45, 7) is 4.31. The van der Waals surface area contributed by atoms with Crippen LogP contribution in [0.2, 0.25) is 0 Å². The summed E-state index contributed by atoms with van der Waals surface area (Å²) < 4.78 is 0. The molecule has 1 fully saturated rings. The zero-order valence-electron chi connectivity index (χ0n) is 12.7. The van der Waals surface area contributed by atoms with E-state index in [1.54, 1.807) is 18.2 Å². The van der Waals surface area contributed by atoms with Gasteiger partial charge in [0.05, 0.1) is 0 Å². The summed E-state index contributed by atoms with van der Waals surface area (Å²) >= 11 is 0. The van der Waals surface area contributed by atoms with Gasteiger partial charge in [-0.05, 0) is 57.5 Å². The molecule has 1 aromatic rings. The SMILES string of the molecule is Nc1cccc(C(=O)NCCCCN2CCCCCC2)n1. The average Bonchev–Trinajstić information content (AvgIpc) is 2.75. The second-order valence-electron chi connectivity index (χ2n) is 5.67. The highest BCUT2D eigenvalue weighted by molar-refractivity contribution is 5.92. The van der Waals surface area contributed by atoms with Crippen molar-refractivity contribution in [3.05, 3.63) is 23.9 Å². The first-order chi connectivity index (χ1) is 10.3. The Morgan fingerprint density at radius 3 is 2.67 bits per heavy atom. The highest BCUT2D eigenvalue weighted by Gasteiger charge is 2.09. The molecule has 0 radical (unpaired) electrons. The summed E-state index contributed by atoms with van der Waals surface area (Å²) in [4.78, 5) is 18.4. The van der Waals surface area contributed by atoms with E-state index in [2.05, 4.69) is 15.2 Å². The third kappa shape index (κ3) is 5.71. The van der Waals surface area contributed by atoms with Gasteiger partial charge in [-0.1, -0.05) is 18.9 Å². The van der Waals surface area contributed by atoms with E-state index in [-0.39, 0.29) is 5.91 Å². The minimum atomic E-state index is -0.142. The van der Waals surface area contributed by atoms with Crippen LogP contribution in [0.4, 0.5) is 5.82 Å². The van der Waals surface area contributed by atoms with Gasteiger partial charge in [-0.2, -0.15) is 0 Å². The van der Waals surface area contributed by atoms with Crippen LogP contribution < -0.4 is 11.1 Å². The maximum atomic E-state index is 11.9. The van der Waals surface area contributed by atoms with Gasteiger partial charge in [-0.3, -0.25) is 4.79 Å². The number of carbonyl (C=O) groups is 1. The molecule has 5 heteroatoms. The van der Waals surface area contributed by atoms with Crippen LogP contribution >= 0.6 is 0 Å². The highest BCUT2D eigenvalue weighted by atomic mass is 16.1. The molecule has 1 amide bonds. The van der Waals surface area contributed by atoms with Crippen LogP contribution in [-0.2, 0) is 0 Å². The number of rotatable bonds is 6. The van der Waals surface area contributed by atoms with Crippen molar-refractivity contribution in [3.63, 3.8) is 0 Å². The minimum absolute atomic E-state index is 0.142. The molecular weight excluding hydrogens is 264 g/mol. The summed E-state index contributed by atoms with van der Waals surface area (Å²) in [5.41, 5.74) is 5.96. The molecule has 0 atom stereocenters. The molecule has 2 rings (SSSR count). The van der Waals surface area contributed by atoms with Crippen molar-refractivity contribution >= 4 is 11.7 Å². The van der Waals surface area contributed by atoms with Gasteiger partial charge in [-0.15, -0.1) is 0 Å². The van der Waals surface area contributed by atoms with E-state index in [1.165, 1.54) is 38.8 Å². The molecule has 0 unspecified atom stereocenters. The predicted octanol–water partition coefficient (Wildman–Crippen LogP) is 2.05. The summed E-state index contributed by atoms with van der Waals surface area (Å²) in [5.74, 6) is 0.237. The number of pyridine rings is 1. The van der Waals surface area contributed by atoms with E-state index in [0.29, 0.717) is 18.1 Å². The van der Waals surface area contributed by atoms with Crippen LogP contribution in [0.5, 0.6) is 0 Å². The Balaban J connectivity index is 1.60. The van der Waals surface area contributed by atoms with Crippen molar-refractivity contribution in [3.8, 4) is 0 Å². The second-order valence-corrected chi connectivity index (χ2v) is 5.67. The molecule has 3 N–H and O–H groups in total. The third-order valence-corrected chi connectivity index (χ3v) is 3.89. The molecule has 1 saturated heterocycles. The van der Waals surface area contributed by atoms with E-state index < -0.39 is 0 Å². The Labute approximate surface area is 126 Å². The number of unbranched alkanes of at least 4 members (excludes halogenated alkanes) is 1. The van der Waals surface area contributed by atoms with Gasteiger partial charge >= 0.3 is 0 Å². The van der Waals surface area contributed by atoms with E-state index in [4.69, 9.17) is 5.73 Å². The van der Waals surface area contributed by atoms with Gasteiger partial charge in [0.2, 0.25) is 0 Å². The standard InChI is InChI=1S/C16H26N4O/c17-15-9-7-8-14(19-15)16(21)18-10-3-6-13-20-11-4-1-2-5-12-20/h7-9H,1-6,10-13H2,(H2,17,19)(H,18,21). The van der Waals surface area contributed by atoms with E-state index in [0.717, 1.165) is 19.4 Å². The number of hydrogen-bond acceptors (Lipinski definition) is 4. The number of nitrogens with one attached hydrogen (secondary N) is 1. The molecule has 1 aromatic heterocycles. The van der Waals surface area contributed by atoms with Crippen LogP contribution in [0.1, 0.15) is 49.0 Å². The third-order valence-electron chi connectivity index (χ3n) is 3.89. The molecule has 0 bridgehead atoms. The zero-order chi connectivity index (χ0) is 14.9. The van der Waals surface area contributed by atoms with E-state index in [1.807, 2.05) is 0 Å². The first-order valence-electron chi connectivity index (χ1n) is 7.99. The van der Waals surface area contributed by atoms with Crippen molar-refractivity contribution in [1.29, 1.82) is 0 Å². The first-order valence-corrected chi connectivity index (χ1v) is 7.99. The van der Waals surface area contributed by atoms with Gasteiger partial charge in [0.25, 0.3) is 5.91 Å². The highest BCUT2D eigenvalue weighted by Crippen LogP contribution is 2.10. The number of nitrogen functional groups attached to an aromatic ring is 1. The number of anilines is 1. The maximum Gasteiger partial charge on any atom is 0.269 e. The minimum Gasteiger partial charge on any atom is -0.384 e. The Morgan fingerprint density at radius 2 is 1.95 bits per heavy atom. The summed E-state index contributed by atoms with van der Waals surface area (Å²) in [5, 5.41) is 2.90. The van der Waals surface area contributed by atoms with Crippen molar-refractivity contribution in [2.24, 2.45) is 0 Å². The molecule has 116 valence electrons. The van der Waals surface area contributed by atoms with E-state index in [9.17, 15) is 4.79 Å². The number of nitrogens with two attached hydrogens (primary N) is 1. The van der Waals surface area contributed by atoms with Crippen LogP contribution in [0, 0.1) is 0 Å². The number of aromatic nitrogens is 1. The van der Waals surface area contributed by atoms with Gasteiger partial charge in [0.15, 0.2) is 0 Å². The number of nitrogens with zero attached hydrogens (tertiary/aromatic N) is 2. The summed E-state index contributed by atoms with van der Waals surface area (Å²) in [6, 6.07) is 5.11. The average molecular weight is 290 g/mol. The number of amides is 1. The fourth-order valence-electron chi connectivity index (χ4n) is 2.69. The van der Waals surface area contributed by atoms with Crippen LogP contribution in [-0.4, -0.2) is 42.0 Å².